The average molecular weight is 556 g/mol. The molecule has 1 aliphatic heterocycles. The molecule has 43 heavy (non-hydrogen) atoms. The predicted octanol–water partition coefficient (Wildman–Crippen LogP) is 9.54. The summed E-state index contributed by atoms with van der Waals surface area (Å²) in [5, 5.41) is 6.19. The number of nitrogens with zero attached hydrogens (tertiary/aromatic N) is 2. The van der Waals surface area contributed by atoms with Crippen molar-refractivity contribution in [2.45, 2.75) is 38.3 Å². The van der Waals surface area contributed by atoms with Gasteiger partial charge >= 0.3 is 0 Å². The molecule has 1 unspecified atom stereocenters. The topological polar surface area (TPSA) is 36.8 Å². The van der Waals surface area contributed by atoms with Gasteiger partial charge in [0.1, 0.15) is 11.7 Å². The van der Waals surface area contributed by atoms with Gasteiger partial charge in [0.2, 0.25) is 0 Å². The summed E-state index contributed by atoms with van der Waals surface area (Å²) in [6.07, 6.45) is 8.48. The number of hydrogen-bond acceptors (Lipinski definition) is 3. The Morgan fingerprint density at radius 1 is 0.674 bits per heavy atom. The first-order valence-electron chi connectivity index (χ1n) is 15.2. The van der Waals surface area contributed by atoms with Crippen LogP contribution in [0.15, 0.2) is 143 Å². The molecule has 5 aromatic rings. The number of aliphatic imine (C=N–C) groups is 2. The summed E-state index contributed by atoms with van der Waals surface area (Å²) in [4.78, 5) is 10.2. The van der Waals surface area contributed by atoms with Gasteiger partial charge in [-0.15, -0.1) is 0 Å². The zero-order chi connectivity index (χ0) is 29.0. The van der Waals surface area contributed by atoms with Crippen molar-refractivity contribution in [3.8, 4) is 22.3 Å². The minimum absolute atomic E-state index is 0.173. The van der Waals surface area contributed by atoms with Crippen LogP contribution in [-0.4, -0.2) is 11.7 Å². The molecule has 3 aliphatic rings. The lowest BCUT2D eigenvalue weighted by Gasteiger charge is -2.25. The Bertz CT molecular complexity index is 2010. The van der Waals surface area contributed by atoms with E-state index in [1.807, 2.05) is 6.07 Å². The third-order valence-electron chi connectivity index (χ3n) is 9.13. The number of fused-ring (bicyclic) bond motifs is 4. The van der Waals surface area contributed by atoms with Crippen molar-refractivity contribution in [1.82, 2.24) is 5.32 Å². The van der Waals surface area contributed by atoms with Crippen LogP contribution in [0.1, 0.15) is 55.1 Å². The van der Waals surface area contributed by atoms with Crippen LogP contribution in [0.2, 0.25) is 0 Å². The molecule has 8 rings (SSSR count). The van der Waals surface area contributed by atoms with Crippen LogP contribution >= 0.6 is 0 Å². The van der Waals surface area contributed by atoms with Gasteiger partial charge in [0, 0.05) is 16.6 Å². The summed E-state index contributed by atoms with van der Waals surface area (Å²) in [7, 11) is 0. The van der Waals surface area contributed by atoms with Crippen molar-refractivity contribution in [1.29, 1.82) is 0 Å². The second kappa shape index (κ2) is 10.1. The molecule has 3 nitrogen and oxygen atoms in total. The van der Waals surface area contributed by atoms with Gasteiger partial charge in [-0.05, 0) is 74.7 Å². The van der Waals surface area contributed by atoms with E-state index in [-0.39, 0.29) is 11.6 Å². The van der Waals surface area contributed by atoms with Crippen LogP contribution in [0.4, 0.5) is 0 Å². The molecular formula is C40H33N3. The Hall–Kier alpha value is -5.02. The number of amidine groups is 2. The standard InChI is InChI=1S/C40H33N3/c1-40(2)33-25-30(39-42-37(27-16-8-4-9-17-27)41-38(43-39)28-18-10-5-11-19-28)22-23-32(33)36-34(40)24-29-20-12-13-21-31(29)35(36)26-14-6-3-7-15-26/h3-4,6-10,12-25,37H,5,11H2,1-2H3,(H,41,42,43). The molecule has 208 valence electrons. The zero-order valence-corrected chi connectivity index (χ0v) is 24.5. The van der Waals surface area contributed by atoms with Gasteiger partial charge in [-0.25, -0.2) is 9.98 Å². The van der Waals surface area contributed by atoms with Gasteiger partial charge in [0.05, 0.1) is 0 Å². The highest BCUT2D eigenvalue weighted by atomic mass is 15.2. The van der Waals surface area contributed by atoms with E-state index in [4.69, 9.17) is 9.98 Å². The second-order valence-corrected chi connectivity index (χ2v) is 12.2. The quantitative estimate of drug-likeness (QED) is 0.236. The summed E-state index contributed by atoms with van der Waals surface area (Å²) in [6.45, 7) is 4.72. The predicted molar refractivity (Wildman–Crippen MR) is 180 cm³/mol. The van der Waals surface area contributed by atoms with E-state index in [2.05, 4.69) is 141 Å². The van der Waals surface area contributed by atoms with Crippen LogP contribution < -0.4 is 5.32 Å². The van der Waals surface area contributed by atoms with E-state index in [1.54, 1.807) is 0 Å². The summed E-state index contributed by atoms with van der Waals surface area (Å²) < 4.78 is 0. The van der Waals surface area contributed by atoms with Crippen LogP contribution in [0.5, 0.6) is 0 Å². The molecule has 0 spiro atoms. The van der Waals surface area contributed by atoms with E-state index >= 15 is 0 Å². The number of hydrogen-bond donors (Lipinski definition) is 1. The van der Waals surface area contributed by atoms with E-state index < -0.39 is 0 Å². The Morgan fingerprint density at radius 2 is 1.42 bits per heavy atom. The first-order chi connectivity index (χ1) is 21.1. The van der Waals surface area contributed by atoms with Gasteiger partial charge in [-0.2, -0.15) is 0 Å². The lowest BCUT2D eigenvalue weighted by molar-refractivity contribution is 0.661. The molecule has 1 heterocycles. The maximum atomic E-state index is 5.17. The molecule has 0 amide bonds. The van der Waals surface area contributed by atoms with E-state index in [9.17, 15) is 0 Å². The summed E-state index contributed by atoms with van der Waals surface area (Å²) in [5.74, 6) is 1.75. The van der Waals surface area contributed by atoms with Crippen LogP contribution in [-0.2, 0) is 5.41 Å². The monoisotopic (exact) mass is 555 g/mol. The molecular weight excluding hydrogens is 522 g/mol. The maximum Gasteiger partial charge on any atom is 0.169 e. The molecule has 0 aromatic heterocycles. The average Bonchev–Trinajstić information content (AvgIpc) is 3.30. The first kappa shape index (κ1) is 25.7. The second-order valence-electron chi connectivity index (χ2n) is 12.2. The molecule has 0 saturated carbocycles. The molecule has 2 aliphatic carbocycles. The number of nitrogens with one attached hydrogen (secondary N) is 1. The maximum absolute atomic E-state index is 5.17. The molecule has 1 atom stereocenters. The molecule has 0 saturated heterocycles. The fourth-order valence-corrected chi connectivity index (χ4v) is 6.90. The molecule has 5 aromatic carbocycles. The van der Waals surface area contributed by atoms with Crippen molar-refractivity contribution >= 4 is 22.4 Å². The van der Waals surface area contributed by atoms with E-state index in [0.717, 1.165) is 41.2 Å². The van der Waals surface area contributed by atoms with Crippen molar-refractivity contribution in [3.63, 3.8) is 0 Å². The van der Waals surface area contributed by atoms with Gasteiger partial charge in [-0.1, -0.05) is 129 Å². The van der Waals surface area contributed by atoms with Crippen molar-refractivity contribution in [3.05, 3.63) is 155 Å². The third kappa shape index (κ3) is 4.27. The SMILES string of the molecule is CC1(C)c2cc(C3=NC(c4ccccc4)N=C(C4=CCCC=C4)N3)ccc2-c2c1cc1ccccc1c2-c1ccccc1. The Labute approximate surface area is 253 Å². The summed E-state index contributed by atoms with van der Waals surface area (Å²) >= 11 is 0. The smallest absolute Gasteiger partial charge is 0.169 e. The van der Waals surface area contributed by atoms with Crippen molar-refractivity contribution in [2.24, 2.45) is 9.98 Å². The van der Waals surface area contributed by atoms with Gasteiger partial charge in [-0.3, -0.25) is 0 Å². The number of benzene rings is 5. The van der Waals surface area contributed by atoms with Crippen LogP contribution in [0, 0.1) is 0 Å². The number of allylic oxidation sites excluding steroid dienone is 2. The molecule has 1 N–H and O–H groups in total. The minimum Gasteiger partial charge on any atom is -0.324 e. The highest BCUT2D eigenvalue weighted by molar-refractivity contribution is 6.17. The largest absolute Gasteiger partial charge is 0.324 e. The summed E-state index contributed by atoms with van der Waals surface area (Å²) in [6, 6.07) is 39.3. The highest BCUT2D eigenvalue weighted by Crippen LogP contribution is 2.54. The Morgan fingerprint density at radius 3 is 2.21 bits per heavy atom. The van der Waals surface area contributed by atoms with Gasteiger partial charge in [0.15, 0.2) is 6.17 Å². The fraction of sp³-hybridized carbons (Fsp3) is 0.150. The van der Waals surface area contributed by atoms with Crippen molar-refractivity contribution in [2.75, 3.05) is 0 Å². The molecule has 0 bridgehead atoms. The Kier molecular flexibility index (Phi) is 6.01. The fourth-order valence-electron chi connectivity index (χ4n) is 6.90. The lowest BCUT2D eigenvalue weighted by atomic mass is 9.80. The number of rotatable bonds is 4. The lowest BCUT2D eigenvalue weighted by Crippen LogP contribution is -2.36. The minimum atomic E-state index is -0.294. The highest BCUT2D eigenvalue weighted by Gasteiger charge is 2.38. The summed E-state index contributed by atoms with van der Waals surface area (Å²) in [5.41, 5.74) is 11.0. The van der Waals surface area contributed by atoms with E-state index in [0.29, 0.717) is 0 Å². The van der Waals surface area contributed by atoms with Gasteiger partial charge in [0.25, 0.3) is 0 Å². The third-order valence-corrected chi connectivity index (χ3v) is 9.13. The molecule has 0 radical (unpaired) electrons. The van der Waals surface area contributed by atoms with Crippen LogP contribution in [0.3, 0.4) is 0 Å². The van der Waals surface area contributed by atoms with Gasteiger partial charge < -0.3 is 5.32 Å². The first-order valence-corrected chi connectivity index (χ1v) is 15.2. The van der Waals surface area contributed by atoms with Crippen molar-refractivity contribution < 1.29 is 0 Å². The van der Waals surface area contributed by atoms with Crippen LogP contribution in [0.25, 0.3) is 33.0 Å². The molecule has 3 heteroatoms. The normalized spacial score (nSPS) is 18.3. The zero-order valence-electron chi connectivity index (χ0n) is 24.5. The Balaban J connectivity index is 1.29. The van der Waals surface area contributed by atoms with E-state index in [1.165, 1.54) is 44.2 Å². The molecule has 0 fully saturated rings.